The fourth-order valence-electron chi connectivity index (χ4n) is 1.95. The van der Waals surface area contributed by atoms with E-state index in [1.54, 1.807) is 4.68 Å². The molecule has 0 unspecified atom stereocenters. The van der Waals surface area contributed by atoms with E-state index < -0.39 is 4.92 Å². The highest BCUT2D eigenvalue weighted by molar-refractivity contribution is 9.11. The summed E-state index contributed by atoms with van der Waals surface area (Å²) in [7, 11) is 0. The molecule has 0 aliphatic rings. The zero-order valence-electron chi connectivity index (χ0n) is 11.8. The van der Waals surface area contributed by atoms with E-state index >= 15 is 0 Å². The average Bonchev–Trinajstić information content (AvgIpc) is 2.83. The summed E-state index contributed by atoms with van der Waals surface area (Å²) < 4.78 is 2.55. The van der Waals surface area contributed by atoms with Crippen LogP contribution in [0.3, 0.4) is 0 Å². The van der Waals surface area contributed by atoms with Crippen LogP contribution in [0.15, 0.2) is 27.3 Å². The van der Waals surface area contributed by atoms with E-state index in [0.29, 0.717) is 26.7 Å². The third kappa shape index (κ3) is 3.20. The summed E-state index contributed by atoms with van der Waals surface area (Å²) in [5.74, 6) is -0.326. The predicted molar refractivity (Wildman–Crippen MR) is 89.1 cm³/mol. The topological polar surface area (TPSA) is 90.1 Å². The zero-order valence-corrected chi connectivity index (χ0v) is 14.9. The highest BCUT2D eigenvalue weighted by Crippen LogP contribution is 2.35. The average molecular weight is 432 g/mol. The number of nitro benzene ring substituents is 1. The first-order valence-corrected chi connectivity index (χ1v) is 7.91. The number of amides is 1. The molecule has 22 heavy (non-hydrogen) atoms. The van der Waals surface area contributed by atoms with Gasteiger partial charge < -0.3 is 5.32 Å². The number of aromatic nitrogens is 2. The molecule has 7 nitrogen and oxygen atoms in total. The molecule has 1 aromatic heterocycles. The minimum absolute atomic E-state index is 0.0771. The molecule has 116 valence electrons. The molecule has 0 spiro atoms. The first-order valence-electron chi connectivity index (χ1n) is 6.32. The van der Waals surface area contributed by atoms with Crippen molar-refractivity contribution >= 4 is 49.1 Å². The number of hydrogen-bond acceptors (Lipinski definition) is 4. The Labute approximate surface area is 143 Å². The van der Waals surface area contributed by atoms with E-state index in [2.05, 4.69) is 42.3 Å². The molecule has 0 aliphatic heterocycles. The second-order valence-corrected chi connectivity index (χ2v) is 6.16. The molecule has 1 N–H and O–H groups in total. The first-order chi connectivity index (χ1) is 10.3. The molecule has 0 aliphatic carbocycles. The number of hydrogen-bond donors (Lipinski definition) is 1. The number of carbonyl (C=O) groups excluding carboxylic acids is 1. The third-order valence-electron chi connectivity index (χ3n) is 3.12. The molecule has 0 saturated heterocycles. The molecule has 0 radical (unpaired) electrons. The Hall–Kier alpha value is -1.74. The Morgan fingerprint density at radius 3 is 2.45 bits per heavy atom. The van der Waals surface area contributed by atoms with E-state index in [4.69, 9.17) is 0 Å². The van der Waals surface area contributed by atoms with Gasteiger partial charge in [-0.05, 0) is 45.7 Å². The normalized spacial score (nSPS) is 10.5. The fourth-order valence-corrected chi connectivity index (χ4v) is 3.31. The van der Waals surface area contributed by atoms with Crippen LogP contribution in [0.4, 0.5) is 11.4 Å². The molecule has 1 heterocycles. The lowest BCUT2D eigenvalue weighted by Crippen LogP contribution is -2.14. The lowest BCUT2D eigenvalue weighted by molar-refractivity contribution is -0.385. The van der Waals surface area contributed by atoms with Crippen LogP contribution < -0.4 is 5.32 Å². The van der Waals surface area contributed by atoms with Gasteiger partial charge in [0.1, 0.15) is 0 Å². The molecule has 0 fully saturated rings. The molecule has 2 rings (SSSR count). The lowest BCUT2D eigenvalue weighted by Gasteiger charge is -2.09. The van der Waals surface area contributed by atoms with Gasteiger partial charge in [-0.3, -0.25) is 19.6 Å². The van der Waals surface area contributed by atoms with Crippen LogP contribution >= 0.6 is 31.9 Å². The summed E-state index contributed by atoms with van der Waals surface area (Å²) in [6.07, 6.45) is 1.50. The number of nitro groups is 1. The van der Waals surface area contributed by atoms with Crippen LogP contribution in [0.1, 0.15) is 23.0 Å². The highest BCUT2D eigenvalue weighted by atomic mass is 79.9. The SMILES string of the molecule is CCn1ncc(C(=O)Nc2c(Br)cc([N+](=O)[O-])cc2Br)c1C. The van der Waals surface area contributed by atoms with Gasteiger partial charge in [0, 0.05) is 33.3 Å². The van der Waals surface area contributed by atoms with Crippen molar-refractivity contribution in [1.82, 2.24) is 9.78 Å². The van der Waals surface area contributed by atoms with E-state index in [9.17, 15) is 14.9 Å². The Morgan fingerprint density at radius 1 is 1.41 bits per heavy atom. The summed E-state index contributed by atoms with van der Waals surface area (Å²) >= 11 is 6.47. The van der Waals surface area contributed by atoms with Gasteiger partial charge in [0.2, 0.25) is 0 Å². The maximum atomic E-state index is 12.3. The Morgan fingerprint density at radius 2 is 2.00 bits per heavy atom. The monoisotopic (exact) mass is 430 g/mol. The van der Waals surface area contributed by atoms with E-state index in [1.807, 2.05) is 13.8 Å². The molecule has 0 bridgehead atoms. The molecule has 0 saturated carbocycles. The van der Waals surface area contributed by atoms with Crippen LogP contribution in [0.25, 0.3) is 0 Å². The summed E-state index contributed by atoms with van der Waals surface area (Å²) in [5, 5.41) is 17.7. The van der Waals surface area contributed by atoms with Crippen molar-refractivity contribution in [3.63, 3.8) is 0 Å². The maximum Gasteiger partial charge on any atom is 0.271 e. The van der Waals surface area contributed by atoms with Gasteiger partial charge in [0.05, 0.1) is 22.4 Å². The molecule has 9 heteroatoms. The van der Waals surface area contributed by atoms with Gasteiger partial charge in [0.15, 0.2) is 0 Å². The number of aryl methyl sites for hydroxylation is 1. The second kappa shape index (κ2) is 6.57. The molecule has 0 atom stereocenters. The van der Waals surface area contributed by atoms with Crippen LogP contribution in [0, 0.1) is 17.0 Å². The number of halogens is 2. The van der Waals surface area contributed by atoms with Crippen LogP contribution in [0.2, 0.25) is 0 Å². The van der Waals surface area contributed by atoms with E-state index in [1.165, 1.54) is 18.3 Å². The van der Waals surface area contributed by atoms with Crippen molar-refractivity contribution in [3.8, 4) is 0 Å². The van der Waals surface area contributed by atoms with E-state index in [0.717, 1.165) is 5.69 Å². The molecule has 1 amide bonds. The number of non-ortho nitro benzene ring substituents is 1. The van der Waals surface area contributed by atoms with Gasteiger partial charge in [0.25, 0.3) is 11.6 Å². The van der Waals surface area contributed by atoms with Crippen LogP contribution in [-0.2, 0) is 6.54 Å². The Kier molecular flexibility index (Phi) is 4.97. The standard InChI is InChI=1S/C13H12Br2N4O3/c1-3-18-7(2)9(6-16-18)13(20)17-12-10(14)4-8(19(21)22)5-11(12)15/h4-6H,3H2,1-2H3,(H,17,20). The largest absolute Gasteiger partial charge is 0.320 e. The molecular weight excluding hydrogens is 420 g/mol. The summed E-state index contributed by atoms with van der Waals surface area (Å²) in [4.78, 5) is 22.7. The van der Waals surface area contributed by atoms with Gasteiger partial charge in [-0.25, -0.2) is 0 Å². The van der Waals surface area contributed by atoms with Gasteiger partial charge in [-0.2, -0.15) is 5.10 Å². The van der Waals surface area contributed by atoms with Crippen molar-refractivity contribution < 1.29 is 9.72 Å². The van der Waals surface area contributed by atoms with Crippen molar-refractivity contribution in [2.45, 2.75) is 20.4 Å². The lowest BCUT2D eigenvalue weighted by atomic mass is 10.2. The maximum absolute atomic E-state index is 12.3. The summed E-state index contributed by atoms with van der Waals surface area (Å²) in [6, 6.07) is 2.67. The minimum Gasteiger partial charge on any atom is -0.320 e. The first kappa shape index (κ1) is 16.6. The zero-order chi connectivity index (χ0) is 16.4. The summed E-state index contributed by atoms with van der Waals surface area (Å²) in [6.45, 7) is 4.42. The Balaban J connectivity index is 2.32. The Bertz CT molecular complexity index is 735. The van der Waals surface area contributed by atoms with Gasteiger partial charge >= 0.3 is 0 Å². The number of benzene rings is 1. The number of anilines is 1. The van der Waals surface area contributed by atoms with E-state index in [-0.39, 0.29) is 11.6 Å². The van der Waals surface area contributed by atoms with Crippen molar-refractivity contribution in [2.75, 3.05) is 5.32 Å². The number of rotatable bonds is 4. The minimum atomic E-state index is -0.503. The third-order valence-corrected chi connectivity index (χ3v) is 4.37. The van der Waals surface area contributed by atoms with Crippen LogP contribution in [0.5, 0.6) is 0 Å². The predicted octanol–water partition coefficient (Wildman–Crippen LogP) is 3.90. The quantitative estimate of drug-likeness (QED) is 0.587. The number of nitrogens with one attached hydrogen (secondary N) is 1. The van der Waals surface area contributed by atoms with Gasteiger partial charge in [-0.1, -0.05) is 0 Å². The van der Waals surface area contributed by atoms with Crippen LogP contribution in [-0.4, -0.2) is 20.6 Å². The smallest absolute Gasteiger partial charge is 0.271 e. The number of nitrogens with zero attached hydrogens (tertiary/aromatic N) is 3. The second-order valence-electron chi connectivity index (χ2n) is 4.46. The van der Waals surface area contributed by atoms with Crippen molar-refractivity contribution in [2.24, 2.45) is 0 Å². The molecule has 2 aromatic rings. The van der Waals surface area contributed by atoms with Gasteiger partial charge in [-0.15, -0.1) is 0 Å². The number of carbonyl (C=O) groups is 1. The van der Waals surface area contributed by atoms with Crippen molar-refractivity contribution in [1.29, 1.82) is 0 Å². The van der Waals surface area contributed by atoms with Crippen molar-refractivity contribution in [3.05, 3.63) is 48.6 Å². The summed E-state index contributed by atoms with van der Waals surface area (Å²) in [5.41, 5.74) is 1.57. The highest BCUT2D eigenvalue weighted by Gasteiger charge is 2.19. The molecular formula is C13H12Br2N4O3. The fraction of sp³-hybridized carbons (Fsp3) is 0.231. The molecule has 1 aromatic carbocycles.